The van der Waals surface area contributed by atoms with Crippen molar-refractivity contribution in [2.75, 3.05) is 6.54 Å². The summed E-state index contributed by atoms with van der Waals surface area (Å²) in [5, 5.41) is 0.159. The van der Waals surface area contributed by atoms with Crippen LogP contribution < -0.4 is 0 Å². The minimum Gasteiger partial charge on any atom is -0.341 e. The molecule has 25 heavy (non-hydrogen) atoms. The van der Waals surface area contributed by atoms with Crippen molar-refractivity contribution in [1.29, 1.82) is 0 Å². The monoisotopic (exact) mass is 379 g/mol. The Labute approximate surface area is 149 Å². The van der Waals surface area contributed by atoms with Crippen molar-refractivity contribution in [3.05, 3.63) is 59.1 Å². The first kappa shape index (κ1) is 16.5. The molecule has 0 radical (unpaired) electrons. The number of H-pyrrole nitrogens is 1. The molecule has 0 saturated carbocycles. The molecule has 1 unspecified atom stereocenters. The van der Waals surface area contributed by atoms with Crippen molar-refractivity contribution in [3.63, 3.8) is 0 Å². The summed E-state index contributed by atoms with van der Waals surface area (Å²) >= 11 is 5.73. The quantitative estimate of drug-likeness (QED) is 0.751. The summed E-state index contributed by atoms with van der Waals surface area (Å²) in [4.78, 5) is 7.33. The highest BCUT2D eigenvalue weighted by Gasteiger charge is 2.39. The molecule has 3 aromatic rings. The van der Waals surface area contributed by atoms with E-state index >= 15 is 0 Å². The number of para-hydroxylation sites is 2. The number of halogens is 2. The smallest absolute Gasteiger partial charge is 0.246 e. The molecule has 2 heterocycles. The van der Waals surface area contributed by atoms with Gasteiger partial charge in [-0.3, -0.25) is 0 Å². The number of benzene rings is 2. The second kappa shape index (κ2) is 6.09. The second-order valence-corrected chi connectivity index (χ2v) is 8.28. The lowest BCUT2D eigenvalue weighted by Crippen LogP contribution is -2.31. The van der Waals surface area contributed by atoms with Gasteiger partial charge in [0.25, 0.3) is 0 Å². The topological polar surface area (TPSA) is 66.1 Å². The summed E-state index contributed by atoms with van der Waals surface area (Å²) < 4.78 is 41.4. The fraction of sp³-hybridized carbons (Fsp3) is 0.235. The summed E-state index contributed by atoms with van der Waals surface area (Å²) in [6.07, 6.45) is 1.32. The van der Waals surface area contributed by atoms with Crippen LogP contribution >= 0.6 is 11.6 Å². The minimum atomic E-state index is -3.98. The van der Waals surface area contributed by atoms with Gasteiger partial charge in [-0.1, -0.05) is 23.7 Å². The van der Waals surface area contributed by atoms with Gasteiger partial charge in [0.05, 0.1) is 17.1 Å². The lowest BCUT2D eigenvalue weighted by Gasteiger charge is -2.22. The maximum atomic E-state index is 14.2. The van der Waals surface area contributed by atoms with Gasteiger partial charge in [0.1, 0.15) is 16.5 Å². The summed E-state index contributed by atoms with van der Waals surface area (Å²) in [5.41, 5.74) is 1.62. The highest BCUT2D eigenvalue weighted by molar-refractivity contribution is 7.89. The van der Waals surface area contributed by atoms with Crippen molar-refractivity contribution in [1.82, 2.24) is 14.3 Å². The number of hydrogen-bond donors (Lipinski definition) is 1. The van der Waals surface area contributed by atoms with E-state index in [1.54, 1.807) is 0 Å². The maximum Gasteiger partial charge on any atom is 0.246 e. The number of nitrogens with one attached hydrogen (secondary N) is 1. The van der Waals surface area contributed by atoms with Gasteiger partial charge >= 0.3 is 0 Å². The molecule has 0 amide bonds. The standard InChI is InChI=1S/C17H15ClFN3O2S/c18-11-7-8-16(12(19)10-11)25(23,24)22-9-3-6-15(22)17-20-13-4-1-2-5-14(13)21-17/h1-2,4-5,7-8,10,15H,3,6,9H2,(H,20,21). The summed E-state index contributed by atoms with van der Waals surface area (Å²) in [5.74, 6) is -0.264. The Morgan fingerprint density at radius 3 is 2.80 bits per heavy atom. The van der Waals surface area contributed by atoms with Gasteiger partial charge in [0.15, 0.2) is 0 Å². The van der Waals surface area contributed by atoms with Crippen LogP contribution in [-0.2, 0) is 10.0 Å². The van der Waals surface area contributed by atoms with Crippen LogP contribution in [0.2, 0.25) is 5.02 Å². The van der Waals surface area contributed by atoms with Crippen molar-refractivity contribution in [3.8, 4) is 0 Å². The number of aromatic nitrogens is 2. The van der Waals surface area contributed by atoms with Gasteiger partial charge in [-0.15, -0.1) is 0 Å². The van der Waals surface area contributed by atoms with Crippen LogP contribution in [0.25, 0.3) is 11.0 Å². The van der Waals surface area contributed by atoms with E-state index in [1.807, 2.05) is 24.3 Å². The molecule has 0 bridgehead atoms. The van der Waals surface area contributed by atoms with E-state index in [9.17, 15) is 12.8 Å². The van der Waals surface area contributed by atoms with E-state index in [-0.39, 0.29) is 9.92 Å². The Morgan fingerprint density at radius 2 is 2.04 bits per heavy atom. The molecule has 0 aliphatic carbocycles. The van der Waals surface area contributed by atoms with E-state index in [1.165, 1.54) is 16.4 Å². The molecule has 4 rings (SSSR count). The predicted molar refractivity (Wildman–Crippen MR) is 93.4 cm³/mol. The largest absolute Gasteiger partial charge is 0.341 e. The lowest BCUT2D eigenvalue weighted by atomic mass is 10.2. The van der Waals surface area contributed by atoms with Gasteiger partial charge in [-0.25, -0.2) is 17.8 Å². The van der Waals surface area contributed by atoms with Crippen molar-refractivity contribution >= 4 is 32.7 Å². The predicted octanol–water partition coefficient (Wildman–Crippen LogP) is 3.88. The van der Waals surface area contributed by atoms with Gasteiger partial charge in [-0.2, -0.15) is 4.31 Å². The van der Waals surface area contributed by atoms with E-state index < -0.39 is 21.9 Å². The third kappa shape index (κ3) is 2.82. The molecule has 2 aromatic carbocycles. The molecule has 1 saturated heterocycles. The van der Waals surface area contributed by atoms with E-state index in [2.05, 4.69) is 9.97 Å². The van der Waals surface area contributed by atoms with Gasteiger partial charge in [-0.05, 0) is 43.2 Å². The molecule has 130 valence electrons. The summed E-state index contributed by atoms with van der Waals surface area (Å²) in [7, 11) is -3.98. The Balaban J connectivity index is 1.75. The molecule has 8 heteroatoms. The van der Waals surface area contributed by atoms with Crippen LogP contribution in [0, 0.1) is 5.82 Å². The lowest BCUT2D eigenvalue weighted by molar-refractivity contribution is 0.383. The molecular formula is C17H15ClFN3O2S. The number of nitrogens with zero attached hydrogens (tertiary/aromatic N) is 2. The number of fused-ring (bicyclic) bond motifs is 1. The zero-order valence-electron chi connectivity index (χ0n) is 13.1. The Morgan fingerprint density at radius 1 is 1.24 bits per heavy atom. The number of hydrogen-bond acceptors (Lipinski definition) is 3. The average molecular weight is 380 g/mol. The molecule has 1 atom stereocenters. The zero-order chi connectivity index (χ0) is 17.6. The van der Waals surface area contributed by atoms with Crippen molar-refractivity contribution < 1.29 is 12.8 Å². The fourth-order valence-corrected chi connectivity index (χ4v) is 5.11. The fourth-order valence-electron chi connectivity index (χ4n) is 3.24. The Bertz CT molecular complexity index is 1020. The molecule has 1 aliphatic heterocycles. The molecular weight excluding hydrogens is 365 g/mol. The summed E-state index contributed by atoms with van der Waals surface area (Å²) in [6.45, 7) is 0.326. The van der Waals surface area contributed by atoms with Crippen LogP contribution in [0.4, 0.5) is 4.39 Å². The van der Waals surface area contributed by atoms with Crippen LogP contribution in [0.15, 0.2) is 47.4 Å². The van der Waals surface area contributed by atoms with Crippen molar-refractivity contribution in [2.45, 2.75) is 23.8 Å². The summed E-state index contributed by atoms with van der Waals surface area (Å²) in [6, 6.07) is 10.7. The first-order valence-corrected chi connectivity index (χ1v) is 9.70. The number of aromatic amines is 1. The minimum absolute atomic E-state index is 0.159. The highest BCUT2D eigenvalue weighted by atomic mass is 35.5. The van der Waals surface area contributed by atoms with Crippen molar-refractivity contribution in [2.24, 2.45) is 0 Å². The number of imidazole rings is 1. The molecule has 1 aliphatic rings. The maximum absolute atomic E-state index is 14.2. The third-order valence-electron chi connectivity index (χ3n) is 4.41. The van der Waals surface area contributed by atoms with Crippen LogP contribution in [0.3, 0.4) is 0 Å². The normalized spacial score (nSPS) is 18.9. The van der Waals surface area contributed by atoms with E-state index in [0.29, 0.717) is 25.2 Å². The van der Waals surface area contributed by atoms with E-state index in [4.69, 9.17) is 11.6 Å². The average Bonchev–Trinajstić information content (AvgIpc) is 3.21. The van der Waals surface area contributed by atoms with E-state index in [0.717, 1.165) is 17.1 Å². The first-order valence-electron chi connectivity index (χ1n) is 7.88. The SMILES string of the molecule is O=S(=O)(c1ccc(Cl)cc1F)N1CCCC1c1nc2ccccc2[nH]1. The van der Waals surface area contributed by atoms with Crippen LogP contribution in [0.5, 0.6) is 0 Å². The number of sulfonamides is 1. The molecule has 0 spiro atoms. The highest BCUT2D eigenvalue weighted by Crippen LogP contribution is 2.36. The molecule has 5 nitrogen and oxygen atoms in total. The molecule has 1 aromatic heterocycles. The third-order valence-corrected chi connectivity index (χ3v) is 6.58. The van der Waals surface area contributed by atoms with Crippen LogP contribution in [-0.4, -0.2) is 29.2 Å². The molecule has 1 fully saturated rings. The Hall–Kier alpha value is -1.96. The van der Waals surface area contributed by atoms with Gasteiger partial charge < -0.3 is 4.98 Å². The van der Waals surface area contributed by atoms with Gasteiger partial charge in [0, 0.05) is 11.6 Å². The Kier molecular flexibility index (Phi) is 4.02. The first-order chi connectivity index (χ1) is 12.0. The van der Waals surface area contributed by atoms with Crippen LogP contribution in [0.1, 0.15) is 24.7 Å². The molecule has 1 N–H and O–H groups in total. The number of rotatable bonds is 3. The van der Waals surface area contributed by atoms with Gasteiger partial charge in [0.2, 0.25) is 10.0 Å². The zero-order valence-corrected chi connectivity index (χ0v) is 14.7. The second-order valence-electron chi connectivity index (χ2n) is 5.99.